The second-order valence-electron chi connectivity index (χ2n) is 9.98. The van der Waals surface area contributed by atoms with Crippen LogP contribution in [0, 0.1) is 25.8 Å². The van der Waals surface area contributed by atoms with Crippen molar-refractivity contribution < 1.29 is 42.5 Å². The molecule has 0 aliphatic carbocycles. The number of aromatic nitrogens is 2. The van der Waals surface area contributed by atoms with Crippen molar-refractivity contribution in [2.45, 2.75) is 13.7 Å². The van der Waals surface area contributed by atoms with Crippen molar-refractivity contribution in [1.29, 1.82) is 0 Å². The van der Waals surface area contributed by atoms with E-state index >= 15 is 0 Å². The van der Waals surface area contributed by atoms with Crippen LogP contribution in [0.4, 0.5) is 0 Å². The van der Waals surface area contributed by atoms with Gasteiger partial charge in [0.15, 0.2) is 0 Å². The third-order valence-electron chi connectivity index (χ3n) is 7.43. The largest absolute Gasteiger partial charge is 0.503 e. The van der Waals surface area contributed by atoms with E-state index in [2.05, 4.69) is 22.1 Å². The molecule has 3 aliphatic rings. The molecule has 0 amide bonds. The number of aryl methyl sites for hydroxylation is 2. The average molecular weight is 741 g/mol. The molecule has 3 aliphatic heterocycles. The van der Waals surface area contributed by atoms with Crippen molar-refractivity contribution in [3.63, 3.8) is 0 Å². The molecule has 0 spiro atoms. The summed E-state index contributed by atoms with van der Waals surface area (Å²) in [6.07, 6.45) is 3.08. The summed E-state index contributed by atoms with van der Waals surface area (Å²) in [4.78, 5) is 8.58. The number of rotatable bonds is 2. The molecule has 0 unspecified atom stereocenters. The Balaban J connectivity index is 0.000000161. The minimum absolute atomic E-state index is 0. The Labute approximate surface area is 272 Å². The van der Waals surface area contributed by atoms with Crippen LogP contribution >= 0.6 is 0 Å². The molecular weight excluding hydrogens is 711 g/mol. The van der Waals surface area contributed by atoms with Crippen LogP contribution in [0.3, 0.4) is 0 Å². The van der Waals surface area contributed by atoms with Gasteiger partial charge in [0.05, 0.1) is 0 Å². The van der Waals surface area contributed by atoms with Crippen LogP contribution in [-0.2, 0) is 20.1 Å². The zero-order valence-electron chi connectivity index (χ0n) is 28.3. The van der Waals surface area contributed by atoms with Gasteiger partial charge in [-0.1, -0.05) is 54.3 Å². The summed E-state index contributed by atoms with van der Waals surface area (Å²) in [6.45, 7) is -4.33. The molecule has 209 valence electrons. The first kappa shape index (κ1) is 21.1. The van der Waals surface area contributed by atoms with E-state index in [1.54, 1.807) is 18.3 Å². The monoisotopic (exact) mass is 741 g/mol. The predicted molar refractivity (Wildman–Crippen MR) is 164 cm³/mol. The second-order valence-corrected chi connectivity index (χ2v) is 9.98. The first-order valence-corrected chi connectivity index (χ1v) is 13.3. The molecule has 6 aromatic rings. The number of benzene rings is 4. The quantitative estimate of drug-likeness (QED) is 0.149. The van der Waals surface area contributed by atoms with Gasteiger partial charge in [-0.3, -0.25) is 0 Å². The normalized spacial score (nSPS) is 14.9. The molecule has 0 atom stereocenters. The average Bonchev–Trinajstić information content (AvgIpc) is 3.08. The Morgan fingerprint density at radius 2 is 1.35 bits per heavy atom. The fourth-order valence-corrected chi connectivity index (χ4v) is 5.58. The molecule has 43 heavy (non-hydrogen) atoms. The van der Waals surface area contributed by atoms with Crippen molar-refractivity contribution in [2.24, 2.45) is 0 Å². The van der Waals surface area contributed by atoms with Crippen LogP contribution in [-0.4, -0.2) is 16.7 Å². The molecule has 0 fully saturated rings. The molecule has 4 aromatic carbocycles. The minimum atomic E-state index is -2.18. The number of hydrogen-bond donors (Lipinski definition) is 0. The molecule has 5 heterocycles. The first-order chi connectivity index (χ1) is 23.1. The van der Waals surface area contributed by atoms with Crippen LogP contribution in [0.15, 0.2) is 103 Å². The third kappa shape index (κ3) is 4.62. The number of ether oxygens (including phenoxy) is 3. The van der Waals surface area contributed by atoms with Crippen LogP contribution in [0.25, 0.3) is 22.5 Å². The van der Waals surface area contributed by atoms with Crippen molar-refractivity contribution in [1.82, 2.24) is 9.97 Å². The van der Waals surface area contributed by atoms with E-state index in [1.165, 1.54) is 24.4 Å². The molecule has 2 aromatic heterocycles. The molecular formula is C36H23BIrN2O3-2. The van der Waals surface area contributed by atoms with E-state index in [4.69, 9.17) is 22.4 Å². The van der Waals surface area contributed by atoms with Gasteiger partial charge in [0.1, 0.15) is 23.0 Å². The molecule has 0 N–H and O–H groups in total. The summed E-state index contributed by atoms with van der Waals surface area (Å²) in [6, 6.07) is 33.4. The van der Waals surface area contributed by atoms with Gasteiger partial charge in [-0.05, 0) is 54.1 Å². The molecule has 0 bridgehead atoms. The summed E-state index contributed by atoms with van der Waals surface area (Å²) < 4.78 is 62.5. The molecule has 9 rings (SSSR count). The number of hydrogen-bond acceptors (Lipinski definition) is 5. The zero-order chi connectivity index (χ0) is 33.2. The van der Waals surface area contributed by atoms with E-state index in [-0.39, 0.29) is 37.9 Å². The Morgan fingerprint density at radius 1 is 0.628 bits per heavy atom. The van der Waals surface area contributed by atoms with E-state index in [0.717, 1.165) is 62.1 Å². The smallest absolute Gasteiger partial charge is 0.249 e. The van der Waals surface area contributed by atoms with Gasteiger partial charge in [0.2, 0.25) is 6.71 Å². The molecule has 0 saturated carbocycles. The second kappa shape index (κ2) is 10.8. The molecule has 5 nitrogen and oxygen atoms in total. The van der Waals surface area contributed by atoms with E-state index in [1.807, 2.05) is 60.7 Å². The minimum Gasteiger partial charge on any atom is -0.503 e. The van der Waals surface area contributed by atoms with Crippen LogP contribution in [0.2, 0.25) is 0 Å². The summed E-state index contributed by atoms with van der Waals surface area (Å²) in [7, 11) is 0. The zero-order valence-corrected chi connectivity index (χ0v) is 24.7. The van der Waals surface area contributed by atoms with E-state index < -0.39 is 13.7 Å². The number of nitrogens with zero attached hydrogens (tertiary/aromatic N) is 2. The summed E-state index contributed by atoms with van der Waals surface area (Å²) in [5.41, 5.74) is 6.33. The Hall–Kier alpha value is -4.71. The van der Waals surface area contributed by atoms with Crippen molar-refractivity contribution in [3.05, 3.63) is 127 Å². The van der Waals surface area contributed by atoms with Crippen LogP contribution in [0.1, 0.15) is 19.4 Å². The maximum Gasteiger partial charge on any atom is 0.249 e. The fourth-order valence-electron chi connectivity index (χ4n) is 5.58. The van der Waals surface area contributed by atoms with Gasteiger partial charge in [0, 0.05) is 63.1 Å². The SMILES string of the molecule is [2H]C([2H])([2H])c1c[c-]c(-c2ccc(C([2H])([2H])[2H])cn2)cc1.[Ir].[c-]1cc2c3c(c1-c1ccccn1)Oc1cccc4c1B3c1c(cccc1O2)O4. The summed E-state index contributed by atoms with van der Waals surface area (Å²) >= 11 is 0. The van der Waals surface area contributed by atoms with Gasteiger partial charge < -0.3 is 24.2 Å². The first-order valence-electron chi connectivity index (χ1n) is 16.3. The van der Waals surface area contributed by atoms with Crippen LogP contribution < -0.4 is 30.6 Å². The Bertz CT molecular complexity index is 2110. The molecule has 1 radical (unpaired) electrons. The molecule has 7 heteroatoms. The van der Waals surface area contributed by atoms with Gasteiger partial charge >= 0.3 is 0 Å². The summed E-state index contributed by atoms with van der Waals surface area (Å²) in [5.74, 6) is 4.82. The maximum atomic E-state index is 7.28. The van der Waals surface area contributed by atoms with Gasteiger partial charge in [-0.15, -0.1) is 47.5 Å². The van der Waals surface area contributed by atoms with Gasteiger partial charge in [-0.2, -0.15) is 0 Å². The number of pyridine rings is 2. The van der Waals surface area contributed by atoms with Crippen molar-refractivity contribution >= 4 is 23.1 Å². The Morgan fingerprint density at radius 3 is 1.98 bits per heavy atom. The third-order valence-corrected chi connectivity index (χ3v) is 7.43. The maximum absolute atomic E-state index is 7.28. The van der Waals surface area contributed by atoms with E-state index in [9.17, 15) is 0 Å². The van der Waals surface area contributed by atoms with E-state index in [0.29, 0.717) is 11.3 Å². The van der Waals surface area contributed by atoms with Gasteiger partial charge in [-0.25, -0.2) is 0 Å². The topological polar surface area (TPSA) is 53.5 Å². The van der Waals surface area contributed by atoms with Crippen molar-refractivity contribution in [2.75, 3.05) is 0 Å². The Kier molecular flexibility index (Phi) is 5.31. The fraction of sp³-hybridized carbons (Fsp3) is 0.0556. The summed E-state index contributed by atoms with van der Waals surface area (Å²) in [5, 5.41) is 0. The van der Waals surface area contributed by atoms with Crippen molar-refractivity contribution in [3.8, 4) is 57.0 Å². The predicted octanol–water partition coefficient (Wildman–Crippen LogP) is 6.55. The molecule has 0 saturated heterocycles. The van der Waals surface area contributed by atoms with Gasteiger partial charge in [0.25, 0.3) is 0 Å². The standard InChI is InChI=1S/C23H11BNO3.C13H12N.Ir/c1-2-12-25-14(5-1)13-10-11-19-22-23(13)28-18-9-4-8-17-21(18)24(22)20-15(26-17)6-3-7-16(20)27-19;1-10-3-6-12(7-4-10)13-8-5-11(2)9-14-13;/h1-9,11-12H;3-6,8-9H,1-2H3;/q2*-1;/i;1D3,2D3;. The van der Waals surface area contributed by atoms with Crippen LogP contribution in [0.5, 0.6) is 34.5 Å².